The van der Waals surface area contributed by atoms with E-state index in [2.05, 4.69) is 15.3 Å². The molecule has 4 rings (SSSR count). The van der Waals surface area contributed by atoms with Gasteiger partial charge in [-0.15, -0.1) is 0 Å². The van der Waals surface area contributed by atoms with Crippen molar-refractivity contribution in [2.24, 2.45) is 5.14 Å². The SMILES string of the molecule is COc1cc(Nc2nc3ccccc3nc2-c2cccc(S(N)(=O)=O)c2F)cc(OC)c1. The first-order valence-corrected chi connectivity index (χ1v) is 10.9. The molecule has 0 saturated heterocycles. The van der Waals surface area contributed by atoms with Crippen LogP contribution in [0.2, 0.25) is 0 Å². The summed E-state index contributed by atoms with van der Waals surface area (Å²) in [5, 5.41) is 8.29. The van der Waals surface area contributed by atoms with E-state index < -0.39 is 20.7 Å². The summed E-state index contributed by atoms with van der Waals surface area (Å²) >= 11 is 0. The van der Waals surface area contributed by atoms with Gasteiger partial charge in [0.1, 0.15) is 22.1 Å². The maximum absolute atomic E-state index is 15.2. The monoisotopic (exact) mass is 454 g/mol. The minimum absolute atomic E-state index is 0.0628. The van der Waals surface area contributed by atoms with E-state index in [0.717, 1.165) is 6.07 Å². The van der Waals surface area contributed by atoms with Gasteiger partial charge in [0.25, 0.3) is 0 Å². The Morgan fingerprint density at radius 3 is 2.12 bits per heavy atom. The lowest BCUT2D eigenvalue weighted by atomic mass is 10.1. The first-order chi connectivity index (χ1) is 15.3. The largest absolute Gasteiger partial charge is 0.497 e. The lowest BCUT2D eigenvalue weighted by molar-refractivity contribution is 0.395. The molecule has 1 aromatic heterocycles. The summed E-state index contributed by atoms with van der Waals surface area (Å²) in [6.45, 7) is 0. The molecule has 8 nitrogen and oxygen atoms in total. The number of nitrogens with two attached hydrogens (primary N) is 1. The maximum atomic E-state index is 15.2. The lowest BCUT2D eigenvalue weighted by Gasteiger charge is -2.15. The molecule has 0 amide bonds. The molecule has 4 aromatic rings. The molecule has 0 spiro atoms. The summed E-state index contributed by atoms with van der Waals surface area (Å²) in [5.74, 6) is 0.268. The summed E-state index contributed by atoms with van der Waals surface area (Å²) in [7, 11) is -1.23. The van der Waals surface area contributed by atoms with Crippen molar-refractivity contribution in [3.05, 3.63) is 66.5 Å². The lowest BCUT2D eigenvalue weighted by Crippen LogP contribution is -2.14. The highest BCUT2D eigenvalue weighted by Gasteiger charge is 2.22. The van der Waals surface area contributed by atoms with Crippen molar-refractivity contribution in [3.8, 4) is 22.8 Å². The van der Waals surface area contributed by atoms with Crippen molar-refractivity contribution in [1.29, 1.82) is 0 Å². The first-order valence-electron chi connectivity index (χ1n) is 9.38. The average Bonchev–Trinajstić information content (AvgIpc) is 2.77. The van der Waals surface area contributed by atoms with E-state index in [9.17, 15) is 8.42 Å². The Hall–Kier alpha value is -3.76. The standard InChI is InChI=1S/C22H19FN4O4S/c1-30-14-10-13(11-15(12-14)31-2)25-22-21(26-17-7-3-4-8-18(17)27-22)16-6-5-9-19(20(16)23)32(24,28)29/h3-12H,1-2H3,(H,25,27)(H2,24,28,29). The number of aromatic nitrogens is 2. The number of primary sulfonamides is 1. The van der Waals surface area contributed by atoms with Crippen LogP contribution in [0.4, 0.5) is 15.9 Å². The van der Waals surface area contributed by atoms with Crippen LogP contribution in [0.25, 0.3) is 22.3 Å². The Kier molecular flexibility index (Phi) is 5.64. The van der Waals surface area contributed by atoms with Crippen molar-refractivity contribution in [1.82, 2.24) is 9.97 Å². The number of ether oxygens (including phenoxy) is 2. The summed E-state index contributed by atoms with van der Waals surface area (Å²) in [4.78, 5) is 8.51. The van der Waals surface area contributed by atoms with Crippen LogP contribution in [0.3, 0.4) is 0 Å². The van der Waals surface area contributed by atoms with E-state index in [1.54, 1.807) is 42.5 Å². The van der Waals surface area contributed by atoms with Gasteiger partial charge in [-0.2, -0.15) is 0 Å². The third-order valence-corrected chi connectivity index (χ3v) is 5.64. The number of anilines is 2. The van der Waals surface area contributed by atoms with Gasteiger partial charge in [-0.05, 0) is 24.3 Å². The smallest absolute Gasteiger partial charge is 0.240 e. The Bertz CT molecular complexity index is 1400. The molecular formula is C22H19FN4O4S. The van der Waals surface area contributed by atoms with Crippen LogP contribution in [0.1, 0.15) is 0 Å². The number of sulfonamides is 1. The van der Waals surface area contributed by atoms with Crippen molar-refractivity contribution in [2.45, 2.75) is 4.90 Å². The molecule has 0 radical (unpaired) electrons. The van der Waals surface area contributed by atoms with Gasteiger partial charge in [-0.25, -0.2) is 27.9 Å². The van der Waals surface area contributed by atoms with Crippen LogP contribution >= 0.6 is 0 Å². The molecule has 0 unspecified atom stereocenters. The Balaban J connectivity index is 1.94. The third-order valence-electron chi connectivity index (χ3n) is 4.71. The van der Waals surface area contributed by atoms with Crippen molar-refractivity contribution in [3.63, 3.8) is 0 Å². The minimum atomic E-state index is -4.27. The highest BCUT2D eigenvalue weighted by molar-refractivity contribution is 7.89. The molecule has 32 heavy (non-hydrogen) atoms. The zero-order valence-electron chi connectivity index (χ0n) is 17.2. The van der Waals surface area contributed by atoms with Crippen LogP contribution in [-0.2, 0) is 10.0 Å². The fourth-order valence-electron chi connectivity index (χ4n) is 3.20. The van der Waals surface area contributed by atoms with Crippen molar-refractivity contribution in [2.75, 3.05) is 19.5 Å². The second kappa shape index (κ2) is 8.40. The number of nitrogens with one attached hydrogen (secondary N) is 1. The van der Waals surface area contributed by atoms with Crippen LogP contribution in [0, 0.1) is 5.82 Å². The van der Waals surface area contributed by atoms with E-state index in [-0.39, 0.29) is 17.1 Å². The molecule has 3 N–H and O–H groups in total. The van der Waals surface area contributed by atoms with Gasteiger partial charge >= 0.3 is 0 Å². The van der Waals surface area contributed by atoms with Crippen molar-refractivity contribution >= 4 is 32.6 Å². The van der Waals surface area contributed by atoms with E-state index in [4.69, 9.17) is 14.6 Å². The van der Waals surface area contributed by atoms with E-state index in [1.807, 2.05) is 0 Å². The number of para-hydroxylation sites is 2. The summed E-state index contributed by atoms with van der Waals surface area (Å²) < 4.78 is 49.5. The number of methoxy groups -OCH3 is 2. The molecular weight excluding hydrogens is 435 g/mol. The molecule has 0 atom stereocenters. The van der Waals surface area contributed by atoms with Gasteiger partial charge < -0.3 is 14.8 Å². The fraction of sp³-hybridized carbons (Fsp3) is 0.0909. The number of fused-ring (bicyclic) bond motifs is 1. The Morgan fingerprint density at radius 1 is 0.906 bits per heavy atom. The van der Waals surface area contributed by atoms with E-state index in [1.165, 1.54) is 26.4 Å². The van der Waals surface area contributed by atoms with Crippen LogP contribution < -0.4 is 19.9 Å². The van der Waals surface area contributed by atoms with Crippen molar-refractivity contribution < 1.29 is 22.3 Å². The van der Waals surface area contributed by atoms with Gasteiger partial charge in [0.2, 0.25) is 10.0 Å². The highest BCUT2D eigenvalue weighted by Crippen LogP contribution is 2.34. The summed E-state index contributed by atoms with van der Waals surface area (Å²) in [6.07, 6.45) is 0. The summed E-state index contributed by atoms with van der Waals surface area (Å²) in [5.41, 5.74) is 1.68. The predicted octanol–water partition coefficient (Wildman–Crippen LogP) is 3.84. The molecule has 164 valence electrons. The number of hydrogen-bond acceptors (Lipinski definition) is 7. The highest BCUT2D eigenvalue weighted by atomic mass is 32.2. The van der Waals surface area contributed by atoms with Crippen LogP contribution in [-0.4, -0.2) is 32.6 Å². The molecule has 10 heteroatoms. The molecule has 0 saturated carbocycles. The van der Waals surface area contributed by atoms with Gasteiger partial charge in [0.15, 0.2) is 11.6 Å². The predicted molar refractivity (Wildman–Crippen MR) is 119 cm³/mol. The number of benzene rings is 3. The molecule has 0 aliphatic carbocycles. The van der Waals surface area contributed by atoms with Crippen LogP contribution in [0.5, 0.6) is 11.5 Å². The van der Waals surface area contributed by atoms with E-state index >= 15 is 4.39 Å². The fourth-order valence-corrected chi connectivity index (χ4v) is 3.83. The van der Waals surface area contributed by atoms with Gasteiger partial charge in [0.05, 0.1) is 25.3 Å². The molecule has 3 aromatic carbocycles. The second-order valence-electron chi connectivity index (χ2n) is 6.80. The molecule has 0 aliphatic rings. The van der Waals surface area contributed by atoms with E-state index in [0.29, 0.717) is 28.2 Å². The summed E-state index contributed by atoms with van der Waals surface area (Å²) in [6, 6.07) is 16.1. The number of halogens is 1. The van der Waals surface area contributed by atoms with Gasteiger partial charge in [-0.3, -0.25) is 0 Å². The van der Waals surface area contributed by atoms with Crippen LogP contribution in [0.15, 0.2) is 65.6 Å². The first kappa shape index (κ1) is 21.5. The normalized spacial score (nSPS) is 11.4. The zero-order chi connectivity index (χ0) is 22.9. The molecule has 0 aliphatic heterocycles. The zero-order valence-corrected chi connectivity index (χ0v) is 18.0. The third kappa shape index (κ3) is 4.18. The average molecular weight is 454 g/mol. The second-order valence-corrected chi connectivity index (χ2v) is 8.33. The molecule has 0 bridgehead atoms. The Morgan fingerprint density at radius 2 is 1.53 bits per heavy atom. The Labute approximate surface area is 183 Å². The number of rotatable bonds is 6. The van der Waals surface area contributed by atoms with Gasteiger partial charge in [-0.1, -0.05) is 18.2 Å². The molecule has 0 fully saturated rings. The quantitative estimate of drug-likeness (QED) is 0.455. The number of hydrogen-bond donors (Lipinski definition) is 2. The minimum Gasteiger partial charge on any atom is -0.497 e. The topological polar surface area (TPSA) is 116 Å². The number of nitrogens with zero attached hydrogens (tertiary/aromatic N) is 2. The molecule has 1 heterocycles. The van der Waals surface area contributed by atoms with Gasteiger partial charge in [0, 0.05) is 29.4 Å². The maximum Gasteiger partial charge on any atom is 0.240 e.